The van der Waals surface area contributed by atoms with Gasteiger partial charge in [0.05, 0.1) is 17.5 Å². The molecule has 4 rings (SSSR count). The van der Waals surface area contributed by atoms with Gasteiger partial charge < -0.3 is 0 Å². The van der Waals surface area contributed by atoms with E-state index in [1.165, 1.54) is 4.90 Å². The Hall–Kier alpha value is -1.90. The molecule has 1 saturated heterocycles. The van der Waals surface area contributed by atoms with Gasteiger partial charge in [-0.05, 0) is 30.4 Å². The van der Waals surface area contributed by atoms with Gasteiger partial charge in [0.15, 0.2) is 0 Å². The number of allylic oxidation sites excluding steroid dienone is 2. The summed E-state index contributed by atoms with van der Waals surface area (Å²) >= 11 is 0. The highest BCUT2D eigenvalue weighted by molar-refractivity contribution is 6.22. The van der Waals surface area contributed by atoms with E-state index in [1.807, 2.05) is 30.3 Å². The van der Waals surface area contributed by atoms with Gasteiger partial charge in [0.1, 0.15) is 0 Å². The molecular weight excluding hydrogens is 226 g/mol. The van der Waals surface area contributed by atoms with Gasteiger partial charge in [-0.15, -0.1) is 0 Å². The smallest absolute Gasteiger partial charge is 0.238 e. The molecule has 0 N–H and O–H groups in total. The molecule has 3 nitrogen and oxygen atoms in total. The summed E-state index contributed by atoms with van der Waals surface area (Å²) in [5.41, 5.74) is 0.710. The maximum absolute atomic E-state index is 12.5. The van der Waals surface area contributed by atoms with Crippen LogP contribution in [0.25, 0.3) is 0 Å². The average molecular weight is 239 g/mol. The minimum absolute atomic E-state index is 0.00644. The Morgan fingerprint density at radius 3 is 2.00 bits per heavy atom. The number of benzene rings is 1. The van der Waals surface area contributed by atoms with Gasteiger partial charge in [-0.1, -0.05) is 30.4 Å². The summed E-state index contributed by atoms with van der Waals surface area (Å²) in [4.78, 5) is 26.3. The second kappa shape index (κ2) is 3.31. The summed E-state index contributed by atoms with van der Waals surface area (Å²) in [6.07, 6.45) is 5.21. The van der Waals surface area contributed by atoms with E-state index >= 15 is 0 Å². The van der Waals surface area contributed by atoms with E-state index in [0.717, 1.165) is 6.42 Å². The molecule has 2 fully saturated rings. The first kappa shape index (κ1) is 10.1. The molecule has 90 valence electrons. The zero-order valence-corrected chi connectivity index (χ0v) is 9.82. The number of anilines is 1. The van der Waals surface area contributed by atoms with Crippen molar-refractivity contribution in [1.29, 1.82) is 0 Å². The first-order valence-electron chi connectivity index (χ1n) is 6.38. The van der Waals surface area contributed by atoms with Gasteiger partial charge in [0, 0.05) is 0 Å². The van der Waals surface area contributed by atoms with Crippen LogP contribution in [0.2, 0.25) is 0 Å². The number of fused-ring (bicyclic) bond motifs is 5. The fraction of sp³-hybridized carbons (Fsp3) is 0.333. The number of imide groups is 1. The van der Waals surface area contributed by atoms with E-state index in [0.29, 0.717) is 5.69 Å². The van der Waals surface area contributed by atoms with Crippen LogP contribution in [0.5, 0.6) is 0 Å². The molecular formula is C15H13NO2. The number of amides is 2. The second-order valence-corrected chi connectivity index (χ2v) is 5.35. The van der Waals surface area contributed by atoms with Gasteiger partial charge >= 0.3 is 0 Å². The summed E-state index contributed by atoms with van der Waals surface area (Å²) in [6, 6.07) is 9.26. The Morgan fingerprint density at radius 2 is 1.44 bits per heavy atom. The van der Waals surface area contributed by atoms with Crippen molar-refractivity contribution in [2.24, 2.45) is 23.7 Å². The molecule has 1 aromatic rings. The number of carbonyl (C=O) groups excluding carboxylic acids is 2. The van der Waals surface area contributed by atoms with Crippen LogP contribution < -0.4 is 4.90 Å². The van der Waals surface area contributed by atoms with Gasteiger partial charge in [-0.25, -0.2) is 0 Å². The van der Waals surface area contributed by atoms with Crippen LogP contribution in [0.4, 0.5) is 5.69 Å². The summed E-state index contributed by atoms with van der Waals surface area (Å²) in [6.45, 7) is 0. The monoisotopic (exact) mass is 239 g/mol. The van der Waals surface area contributed by atoms with Crippen LogP contribution in [0.3, 0.4) is 0 Å². The topological polar surface area (TPSA) is 37.4 Å². The van der Waals surface area contributed by atoms with E-state index in [9.17, 15) is 9.59 Å². The van der Waals surface area contributed by atoms with Crippen molar-refractivity contribution in [2.45, 2.75) is 6.42 Å². The van der Waals surface area contributed by atoms with E-state index in [2.05, 4.69) is 12.2 Å². The van der Waals surface area contributed by atoms with Crippen LogP contribution in [0.15, 0.2) is 42.5 Å². The summed E-state index contributed by atoms with van der Waals surface area (Å²) < 4.78 is 0. The lowest BCUT2D eigenvalue weighted by Gasteiger charge is -2.16. The molecule has 1 saturated carbocycles. The SMILES string of the molecule is O=C1[C@@H]2[C@@H](C(=O)N1c1ccccc1)[C@H]1C=C[C@@H]2C1. The van der Waals surface area contributed by atoms with Crippen molar-refractivity contribution in [2.75, 3.05) is 4.90 Å². The van der Waals surface area contributed by atoms with Crippen LogP contribution in [0, 0.1) is 23.7 Å². The molecule has 4 atom stereocenters. The van der Waals surface area contributed by atoms with Crippen LogP contribution in [0.1, 0.15) is 6.42 Å². The lowest BCUT2D eigenvalue weighted by Crippen LogP contribution is -2.32. The molecule has 3 aliphatic rings. The first-order valence-corrected chi connectivity index (χ1v) is 6.38. The Labute approximate surface area is 105 Å². The largest absolute Gasteiger partial charge is 0.274 e. The highest BCUT2D eigenvalue weighted by atomic mass is 16.2. The molecule has 2 bridgehead atoms. The predicted octanol–water partition coefficient (Wildman–Crippen LogP) is 2.00. The third kappa shape index (κ3) is 1.09. The highest BCUT2D eigenvalue weighted by Crippen LogP contribution is 2.53. The predicted molar refractivity (Wildman–Crippen MR) is 66.7 cm³/mol. The van der Waals surface area contributed by atoms with Crippen molar-refractivity contribution >= 4 is 17.5 Å². The van der Waals surface area contributed by atoms with E-state index < -0.39 is 0 Å². The molecule has 0 spiro atoms. The summed E-state index contributed by atoms with van der Waals surface area (Å²) in [5.74, 6) is 0.344. The molecule has 2 aliphatic carbocycles. The number of para-hydroxylation sites is 1. The van der Waals surface area contributed by atoms with Crippen molar-refractivity contribution in [3.63, 3.8) is 0 Å². The number of hydrogen-bond acceptors (Lipinski definition) is 2. The minimum Gasteiger partial charge on any atom is -0.274 e. The van der Waals surface area contributed by atoms with Crippen LogP contribution in [-0.4, -0.2) is 11.8 Å². The summed E-state index contributed by atoms with van der Waals surface area (Å²) in [5, 5.41) is 0. The molecule has 1 aromatic carbocycles. The third-order valence-corrected chi connectivity index (χ3v) is 4.48. The van der Waals surface area contributed by atoms with Crippen molar-refractivity contribution in [1.82, 2.24) is 0 Å². The molecule has 0 radical (unpaired) electrons. The van der Waals surface area contributed by atoms with Crippen molar-refractivity contribution in [3.8, 4) is 0 Å². The molecule has 1 heterocycles. The third-order valence-electron chi connectivity index (χ3n) is 4.48. The quantitative estimate of drug-likeness (QED) is 0.555. The van der Waals surface area contributed by atoms with Crippen LogP contribution >= 0.6 is 0 Å². The van der Waals surface area contributed by atoms with Gasteiger partial charge in [-0.2, -0.15) is 0 Å². The first-order chi connectivity index (χ1) is 8.77. The number of hydrogen-bond donors (Lipinski definition) is 0. The van der Waals surface area contributed by atoms with E-state index in [-0.39, 0.29) is 35.5 Å². The zero-order valence-electron chi connectivity index (χ0n) is 9.82. The van der Waals surface area contributed by atoms with Crippen LogP contribution in [-0.2, 0) is 9.59 Å². The maximum Gasteiger partial charge on any atom is 0.238 e. The molecule has 1 aliphatic heterocycles. The Morgan fingerprint density at radius 1 is 0.889 bits per heavy atom. The molecule has 18 heavy (non-hydrogen) atoms. The minimum atomic E-state index is -0.104. The molecule has 3 heteroatoms. The molecule has 0 unspecified atom stereocenters. The number of carbonyl (C=O) groups is 2. The Balaban J connectivity index is 1.77. The van der Waals surface area contributed by atoms with E-state index in [1.54, 1.807) is 0 Å². The fourth-order valence-corrected chi connectivity index (χ4v) is 3.73. The normalized spacial score (nSPS) is 36.6. The Bertz CT molecular complexity index is 533. The van der Waals surface area contributed by atoms with Crippen molar-refractivity contribution in [3.05, 3.63) is 42.5 Å². The highest BCUT2D eigenvalue weighted by Gasteiger charge is 2.59. The average Bonchev–Trinajstić information content (AvgIpc) is 3.05. The molecule has 0 aromatic heterocycles. The zero-order chi connectivity index (χ0) is 12.3. The van der Waals surface area contributed by atoms with E-state index in [4.69, 9.17) is 0 Å². The summed E-state index contributed by atoms with van der Waals surface area (Å²) in [7, 11) is 0. The lowest BCUT2D eigenvalue weighted by atomic mass is 9.85. The molecule has 2 amide bonds. The second-order valence-electron chi connectivity index (χ2n) is 5.35. The van der Waals surface area contributed by atoms with Gasteiger partial charge in [0.2, 0.25) is 11.8 Å². The number of rotatable bonds is 1. The fourth-order valence-electron chi connectivity index (χ4n) is 3.73. The standard InChI is InChI=1S/C15H13NO2/c17-14-12-9-6-7-10(8-9)13(12)15(18)16(14)11-4-2-1-3-5-11/h1-7,9-10,12-13H,8H2/t9-,10+,12-,13-/m0/s1. The lowest BCUT2D eigenvalue weighted by molar-refractivity contribution is -0.123. The number of nitrogens with zero attached hydrogens (tertiary/aromatic N) is 1. The van der Waals surface area contributed by atoms with Gasteiger partial charge in [-0.3, -0.25) is 14.5 Å². The van der Waals surface area contributed by atoms with Crippen molar-refractivity contribution < 1.29 is 9.59 Å². The Kier molecular flexibility index (Phi) is 1.85. The maximum atomic E-state index is 12.5. The van der Waals surface area contributed by atoms with Gasteiger partial charge in [0.25, 0.3) is 0 Å².